The maximum atomic E-state index is 12.6. The van der Waals surface area contributed by atoms with Gasteiger partial charge in [0.15, 0.2) is 6.10 Å². The van der Waals surface area contributed by atoms with Crippen LogP contribution in [0, 0.1) is 0 Å². The van der Waals surface area contributed by atoms with E-state index in [-0.39, 0.29) is 11.8 Å². The monoisotopic (exact) mass is 362 g/mol. The Hall–Kier alpha value is -2.02. The zero-order valence-electron chi connectivity index (χ0n) is 14.6. The van der Waals surface area contributed by atoms with Gasteiger partial charge in [0.05, 0.1) is 0 Å². The minimum absolute atomic E-state index is 0.0395. The highest BCUT2D eigenvalue weighted by Crippen LogP contribution is 2.54. The Morgan fingerprint density at radius 1 is 1.32 bits per heavy atom. The summed E-state index contributed by atoms with van der Waals surface area (Å²) in [5.41, 5.74) is 1.03. The van der Waals surface area contributed by atoms with E-state index in [4.69, 9.17) is 4.74 Å². The first-order chi connectivity index (χ1) is 11.9. The Bertz CT molecular complexity index is 694. The van der Waals surface area contributed by atoms with E-state index in [1.807, 2.05) is 30.3 Å². The first kappa shape index (κ1) is 17.8. The summed E-state index contributed by atoms with van der Waals surface area (Å²) in [6.07, 6.45) is 0.228. The fraction of sp³-hybridized carbons (Fsp3) is 0.500. The Kier molecular flexibility index (Phi) is 4.77. The maximum Gasteiger partial charge on any atom is 0.330 e. The maximum absolute atomic E-state index is 12.6. The molecular formula is C18H22N2O4S. The van der Waals surface area contributed by atoms with Gasteiger partial charge in [0.25, 0.3) is 5.91 Å². The normalized spacial score (nSPS) is 26.3. The van der Waals surface area contributed by atoms with Gasteiger partial charge in [-0.05, 0) is 18.9 Å². The van der Waals surface area contributed by atoms with Gasteiger partial charge in [-0.1, -0.05) is 30.3 Å². The van der Waals surface area contributed by atoms with Crippen LogP contribution in [0.2, 0.25) is 0 Å². The Morgan fingerprint density at radius 3 is 2.64 bits per heavy atom. The molecule has 2 saturated heterocycles. The molecule has 2 fully saturated rings. The van der Waals surface area contributed by atoms with E-state index >= 15 is 0 Å². The van der Waals surface area contributed by atoms with Crippen LogP contribution in [-0.4, -0.2) is 59.6 Å². The molecule has 2 aliphatic heterocycles. The number of fused-ring (bicyclic) bond motifs is 1. The molecule has 0 bridgehead atoms. The van der Waals surface area contributed by atoms with Gasteiger partial charge in [0, 0.05) is 26.3 Å². The van der Waals surface area contributed by atoms with Crippen LogP contribution in [0.5, 0.6) is 0 Å². The molecule has 0 radical (unpaired) electrons. The smallest absolute Gasteiger partial charge is 0.330 e. The number of hydrogen-bond donors (Lipinski definition) is 0. The van der Waals surface area contributed by atoms with Gasteiger partial charge in [-0.3, -0.25) is 9.59 Å². The predicted molar refractivity (Wildman–Crippen MR) is 94.7 cm³/mol. The number of nitrogens with zero attached hydrogens (tertiary/aromatic N) is 2. The Balaban J connectivity index is 1.82. The van der Waals surface area contributed by atoms with Crippen molar-refractivity contribution in [2.24, 2.45) is 0 Å². The van der Waals surface area contributed by atoms with Gasteiger partial charge in [0.1, 0.15) is 10.9 Å². The van der Waals surface area contributed by atoms with Crippen LogP contribution in [0.25, 0.3) is 0 Å². The fourth-order valence-corrected chi connectivity index (χ4v) is 5.12. The van der Waals surface area contributed by atoms with Crippen LogP contribution in [0.3, 0.4) is 0 Å². The van der Waals surface area contributed by atoms with Gasteiger partial charge in [-0.2, -0.15) is 0 Å². The van der Waals surface area contributed by atoms with E-state index in [1.54, 1.807) is 37.7 Å². The molecule has 2 aliphatic rings. The largest absolute Gasteiger partial charge is 0.451 e. The minimum Gasteiger partial charge on any atom is -0.451 e. The third-order valence-corrected chi connectivity index (χ3v) is 6.30. The highest BCUT2D eigenvalue weighted by Gasteiger charge is 2.57. The summed E-state index contributed by atoms with van der Waals surface area (Å²) in [4.78, 5) is 39.6. The molecule has 0 aromatic heterocycles. The van der Waals surface area contributed by atoms with E-state index in [0.717, 1.165) is 5.56 Å². The second kappa shape index (κ2) is 6.71. The molecule has 6 nitrogen and oxygen atoms in total. The standard InChI is InChI=1S/C18H22N2O4S/c1-12(16(22)19(2)3)24-17(23)14-11-25-18(10-9-15(21)20(14)18)13-7-5-4-6-8-13/h4-8,12,14H,9-11H2,1-3H3/t12-,14+,18+/m0/s1. The van der Waals surface area contributed by atoms with E-state index in [2.05, 4.69) is 0 Å². The van der Waals surface area contributed by atoms with Gasteiger partial charge in [-0.25, -0.2) is 4.79 Å². The van der Waals surface area contributed by atoms with E-state index in [9.17, 15) is 14.4 Å². The third kappa shape index (κ3) is 3.01. The number of rotatable bonds is 4. The number of benzene rings is 1. The third-order valence-electron chi connectivity index (χ3n) is 4.71. The van der Waals surface area contributed by atoms with Crippen molar-refractivity contribution in [3.05, 3.63) is 35.9 Å². The minimum atomic E-state index is -0.864. The number of carbonyl (C=O) groups is 3. The number of ether oxygens (including phenoxy) is 1. The van der Waals surface area contributed by atoms with Crippen LogP contribution in [0.4, 0.5) is 0 Å². The van der Waals surface area contributed by atoms with Gasteiger partial charge in [0.2, 0.25) is 5.91 Å². The lowest BCUT2D eigenvalue weighted by atomic mass is 10.0. The lowest BCUT2D eigenvalue weighted by Gasteiger charge is -2.34. The van der Waals surface area contributed by atoms with Crippen LogP contribution < -0.4 is 0 Å². The van der Waals surface area contributed by atoms with E-state index in [1.165, 1.54) is 4.90 Å². The summed E-state index contributed by atoms with van der Waals surface area (Å²) in [6, 6.07) is 9.14. The molecule has 0 aliphatic carbocycles. The molecule has 0 N–H and O–H groups in total. The van der Waals surface area contributed by atoms with Crippen molar-refractivity contribution in [2.75, 3.05) is 19.8 Å². The summed E-state index contributed by atoms with van der Waals surface area (Å²) in [5, 5.41) is 0. The number of carbonyl (C=O) groups excluding carboxylic acids is 3. The first-order valence-electron chi connectivity index (χ1n) is 8.30. The molecule has 3 rings (SSSR count). The molecular weight excluding hydrogens is 340 g/mol. The Morgan fingerprint density at radius 2 is 2.00 bits per heavy atom. The van der Waals surface area contributed by atoms with Gasteiger partial charge >= 0.3 is 5.97 Å². The summed E-state index contributed by atoms with van der Waals surface area (Å²) in [5.74, 6) is -0.353. The molecule has 0 saturated carbocycles. The summed E-state index contributed by atoms with van der Waals surface area (Å²) in [7, 11) is 3.23. The summed E-state index contributed by atoms with van der Waals surface area (Å²) < 4.78 is 5.36. The molecule has 2 heterocycles. The van der Waals surface area contributed by atoms with Crippen molar-refractivity contribution in [1.82, 2.24) is 9.80 Å². The van der Waals surface area contributed by atoms with Crippen molar-refractivity contribution < 1.29 is 19.1 Å². The molecule has 25 heavy (non-hydrogen) atoms. The molecule has 7 heteroatoms. The molecule has 134 valence electrons. The predicted octanol–water partition coefficient (Wildman–Crippen LogP) is 1.60. The van der Waals surface area contributed by atoms with Crippen molar-refractivity contribution in [1.29, 1.82) is 0 Å². The second-order valence-corrected chi connectivity index (χ2v) is 7.85. The molecule has 0 spiro atoms. The molecule has 0 unspecified atom stereocenters. The fourth-order valence-electron chi connectivity index (χ4n) is 3.48. The average Bonchev–Trinajstić information content (AvgIpc) is 3.14. The van der Waals surface area contributed by atoms with E-state index < -0.39 is 23.0 Å². The average molecular weight is 362 g/mol. The lowest BCUT2D eigenvalue weighted by Crippen LogP contribution is -2.48. The highest BCUT2D eigenvalue weighted by molar-refractivity contribution is 8.00. The van der Waals surface area contributed by atoms with Crippen molar-refractivity contribution >= 4 is 29.5 Å². The zero-order valence-corrected chi connectivity index (χ0v) is 15.4. The first-order valence-corrected chi connectivity index (χ1v) is 9.28. The van der Waals surface area contributed by atoms with Gasteiger partial charge in [-0.15, -0.1) is 11.8 Å². The van der Waals surface area contributed by atoms with Crippen LogP contribution >= 0.6 is 11.8 Å². The van der Waals surface area contributed by atoms with Crippen molar-refractivity contribution in [3.8, 4) is 0 Å². The second-order valence-electron chi connectivity index (χ2n) is 6.55. The molecule has 2 amide bonds. The molecule has 1 aromatic carbocycles. The number of amides is 2. The number of esters is 1. The number of hydrogen-bond acceptors (Lipinski definition) is 5. The van der Waals surface area contributed by atoms with Crippen molar-refractivity contribution in [3.63, 3.8) is 0 Å². The van der Waals surface area contributed by atoms with Crippen LogP contribution in [-0.2, 0) is 24.0 Å². The quantitative estimate of drug-likeness (QED) is 0.761. The molecule has 3 atom stereocenters. The van der Waals surface area contributed by atoms with E-state index in [0.29, 0.717) is 18.6 Å². The SMILES string of the molecule is C[C@H](OC(=O)[C@H]1CS[C@@]2(c3ccccc3)CCC(=O)N12)C(=O)N(C)C. The topological polar surface area (TPSA) is 66.9 Å². The van der Waals surface area contributed by atoms with Crippen LogP contribution in [0.1, 0.15) is 25.3 Å². The highest BCUT2D eigenvalue weighted by atomic mass is 32.2. The molecule has 1 aromatic rings. The zero-order chi connectivity index (χ0) is 18.2. The number of thioether (sulfide) groups is 1. The number of likely N-dealkylation sites (N-methyl/N-ethyl adjacent to an activating group) is 1. The van der Waals surface area contributed by atoms with Gasteiger partial charge < -0.3 is 14.5 Å². The summed E-state index contributed by atoms with van der Waals surface area (Å²) in [6.45, 7) is 1.55. The van der Waals surface area contributed by atoms with Crippen molar-refractivity contribution in [2.45, 2.75) is 36.8 Å². The lowest BCUT2D eigenvalue weighted by molar-refractivity contribution is -0.164. The Labute approximate surface area is 151 Å². The summed E-state index contributed by atoms with van der Waals surface area (Å²) >= 11 is 1.60. The van der Waals surface area contributed by atoms with Crippen LogP contribution in [0.15, 0.2) is 30.3 Å².